The third-order valence-corrected chi connectivity index (χ3v) is 5.26. The molecule has 0 bridgehead atoms. The van der Waals surface area contributed by atoms with Crippen LogP contribution in [-0.4, -0.2) is 22.1 Å². The van der Waals surface area contributed by atoms with Gasteiger partial charge in [-0.05, 0) is 37.7 Å². The number of rotatable bonds is 7. The van der Waals surface area contributed by atoms with Crippen LogP contribution in [0.2, 0.25) is 0 Å². The zero-order valence-electron chi connectivity index (χ0n) is 11.0. The van der Waals surface area contributed by atoms with Gasteiger partial charge < -0.3 is 9.88 Å². The Morgan fingerprint density at radius 3 is 2.88 bits per heavy atom. The lowest BCUT2D eigenvalue weighted by Gasteiger charge is -2.40. The first-order chi connectivity index (χ1) is 8.29. The van der Waals surface area contributed by atoms with Gasteiger partial charge in [-0.1, -0.05) is 13.3 Å². The minimum Gasteiger partial charge on any atom is -0.350 e. The summed E-state index contributed by atoms with van der Waals surface area (Å²) < 4.78 is 2.90. The van der Waals surface area contributed by atoms with Crippen molar-refractivity contribution >= 4 is 11.8 Å². The Labute approximate surface area is 109 Å². The number of aromatic nitrogens is 1. The highest BCUT2D eigenvalue weighted by molar-refractivity contribution is 8.00. The van der Waals surface area contributed by atoms with Crippen LogP contribution in [-0.2, 0) is 13.1 Å². The lowest BCUT2D eigenvalue weighted by atomic mass is 9.84. The van der Waals surface area contributed by atoms with Gasteiger partial charge in [0.15, 0.2) is 0 Å². The molecule has 1 fully saturated rings. The predicted octanol–water partition coefficient (Wildman–Crippen LogP) is 3.27. The molecule has 0 radical (unpaired) electrons. The molecular weight excluding hydrogens is 228 g/mol. The molecule has 1 saturated carbocycles. The molecule has 1 aliphatic carbocycles. The van der Waals surface area contributed by atoms with E-state index in [1.54, 1.807) is 0 Å². The van der Waals surface area contributed by atoms with E-state index in [1.165, 1.54) is 31.4 Å². The van der Waals surface area contributed by atoms with Crippen LogP contribution in [0, 0.1) is 0 Å². The van der Waals surface area contributed by atoms with E-state index in [1.807, 2.05) is 11.8 Å². The maximum absolute atomic E-state index is 3.64. The van der Waals surface area contributed by atoms with Gasteiger partial charge in [0.1, 0.15) is 0 Å². The Morgan fingerprint density at radius 1 is 1.47 bits per heavy atom. The third-order valence-electron chi connectivity index (χ3n) is 3.84. The van der Waals surface area contributed by atoms with Crippen molar-refractivity contribution in [3.63, 3.8) is 0 Å². The molecule has 2 nitrogen and oxygen atoms in total. The molecular formula is C14H24N2S. The number of nitrogens with one attached hydrogen (secondary N) is 1. The second-order valence-electron chi connectivity index (χ2n) is 5.04. The average Bonchev–Trinajstić information content (AvgIpc) is 2.71. The Kier molecular flexibility index (Phi) is 4.57. The fourth-order valence-electron chi connectivity index (χ4n) is 2.51. The predicted molar refractivity (Wildman–Crippen MR) is 76.5 cm³/mol. The number of nitrogens with zero attached hydrogens (tertiary/aromatic N) is 1. The fraction of sp³-hybridized carbons (Fsp3) is 0.714. The molecule has 0 aliphatic heterocycles. The van der Waals surface area contributed by atoms with E-state index >= 15 is 0 Å². The van der Waals surface area contributed by atoms with Crippen molar-refractivity contribution in [2.45, 2.75) is 50.4 Å². The summed E-state index contributed by atoms with van der Waals surface area (Å²) in [5.41, 5.74) is 1.42. The molecule has 0 aromatic carbocycles. The smallest absolute Gasteiger partial charge is 0.0359 e. The fourth-order valence-corrected chi connectivity index (χ4v) is 3.45. The van der Waals surface area contributed by atoms with E-state index in [0.717, 1.165) is 19.6 Å². The van der Waals surface area contributed by atoms with Gasteiger partial charge >= 0.3 is 0 Å². The number of hydrogen-bond acceptors (Lipinski definition) is 2. The minimum absolute atomic E-state index is 0.544. The van der Waals surface area contributed by atoms with Gasteiger partial charge in [-0.25, -0.2) is 0 Å². The van der Waals surface area contributed by atoms with E-state index in [-0.39, 0.29) is 0 Å². The standard InChI is InChI=1S/C14H24N2S/c1-3-9-16-10-4-6-13(16)11-15-12-14(17-2)7-5-8-14/h4,6,10,15H,3,5,7-9,11-12H2,1-2H3. The van der Waals surface area contributed by atoms with Gasteiger partial charge in [0.05, 0.1) is 0 Å². The Morgan fingerprint density at radius 2 is 2.29 bits per heavy atom. The molecule has 17 heavy (non-hydrogen) atoms. The first kappa shape index (κ1) is 13.0. The van der Waals surface area contributed by atoms with E-state index < -0.39 is 0 Å². The summed E-state index contributed by atoms with van der Waals surface area (Å²) in [4.78, 5) is 0. The van der Waals surface area contributed by atoms with E-state index in [0.29, 0.717) is 4.75 Å². The monoisotopic (exact) mass is 252 g/mol. The van der Waals surface area contributed by atoms with Crippen LogP contribution in [0.4, 0.5) is 0 Å². The van der Waals surface area contributed by atoms with E-state index in [4.69, 9.17) is 0 Å². The molecule has 0 amide bonds. The topological polar surface area (TPSA) is 17.0 Å². The van der Waals surface area contributed by atoms with Crippen molar-refractivity contribution in [1.82, 2.24) is 9.88 Å². The zero-order chi connectivity index (χ0) is 12.1. The molecule has 0 saturated heterocycles. The van der Waals surface area contributed by atoms with Crippen molar-refractivity contribution in [3.05, 3.63) is 24.0 Å². The van der Waals surface area contributed by atoms with Gasteiger partial charge in [-0.3, -0.25) is 0 Å². The lowest BCUT2D eigenvalue weighted by molar-refractivity contribution is 0.344. The average molecular weight is 252 g/mol. The highest BCUT2D eigenvalue weighted by Crippen LogP contribution is 2.42. The highest BCUT2D eigenvalue weighted by atomic mass is 32.2. The molecule has 2 rings (SSSR count). The molecule has 1 aromatic heterocycles. The van der Waals surface area contributed by atoms with E-state index in [2.05, 4.69) is 41.4 Å². The molecule has 0 atom stereocenters. The van der Waals surface area contributed by atoms with E-state index in [9.17, 15) is 0 Å². The maximum atomic E-state index is 3.64. The molecule has 1 aliphatic rings. The second-order valence-corrected chi connectivity index (χ2v) is 6.31. The summed E-state index contributed by atoms with van der Waals surface area (Å²) in [6, 6.07) is 4.38. The first-order valence-corrected chi connectivity index (χ1v) is 7.92. The number of aryl methyl sites for hydroxylation is 1. The van der Waals surface area contributed by atoms with Crippen LogP contribution in [0.15, 0.2) is 18.3 Å². The second kappa shape index (κ2) is 5.96. The molecule has 1 heterocycles. The highest BCUT2D eigenvalue weighted by Gasteiger charge is 2.35. The maximum Gasteiger partial charge on any atom is 0.0359 e. The summed E-state index contributed by atoms with van der Waals surface area (Å²) in [5.74, 6) is 0. The lowest BCUT2D eigenvalue weighted by Crippen LogP contribution is -2.43. The summed E-state index contributed by atoms with van der Waals surface area (Å²) >= 11 is 2.04. The quantitative estimate of drug-likeness (QED) is 0.802. The molecule has 3 heteroatoms. The molecule has 96 valence electrons. The van der Waals surface area contributed by atoms with Crippen LogP contribution >= 0.6 is 11.8 Å². The van der Waals surface area contributed by atoms with Crippen molar-refractivity contribution in [2.24, 2.45) is 0 Å². The molecule has 1 aromatic rings. The SMILES string of the molecule is CCCn1cccc1CNCC1(SC)CCC1. The zero-order valence-corrected chi connectivity index (χ0v) is 11.9. The van der Waals surface area contributed by atoms with Gasteiger partial charge in [-0.2, -0.15) is 11.8 Å². The summed E-state index contributed by atoms with van der Waals surface area (Å²) in [5, 5.41) is 3.64. The molecule has 0 unspecified atom stereocenters. The Bertz CT molecular complexity index is 336. The minimum atomic E-state index is 0.544. The molecule has 1 N–H and O–H groups in total. The van der Waals surface area contributed by atoms with Crippen LogP contribution < -0.4 is 5.32 Å². The summed E-state index contributed by atoms with van der Waals surface area (Å²) in [6.45, 7) is 5.53. The van der Waals surface area contributed by atoms with Gasteiger partial charge in [0.2, 0.25) is 0 Å². The van der Waals surface area contributed by atoms with Crippen molar-refractivity contribution < 1.29 is 0 Å². The first-order valence-electron chi connectivity index (χ1n) is 6.69. The van der Waals surface area contributed by atoms with Crippen molar-refractivity contribution in [3.8, 4) is 0 Å². The Balaban J connectivity index is 1.79. The summed E-state index contributed by atoms with van der Waals surface area (Å²) in [6.07, 6.45) is 9.83. The normalized spacial score (nSPS) is 18.0. The van der Waals surface area contributed by atoms with Crippen LogP contribution in [0.3, 0.4) is 0 Å². The van der Waals surface area contributed by atoms with Crippen LogP contribution in [0.1, 0.15) is 38.3 Å². The van der Waals surface area contributed by atoms with Gasteiger partial charge in [0, 0.05) is 36.3 Å². The van der Waals surface area contributed by atoms with Gasteiger partial charge in [0.25, 0.3) is 0 Å². The third kappa shape index (κ3) is 3.08. The van der Waals surface area contributed by atoms with Crippen LogP contribution in [0.25, 0.3) is 0 Å². The van der Waals surface area contributed by atoms with Crippen molar-refractivity contribution in [1.29, 1.82) is 0 Å². The van der Waals surface area contributed by atoms with Crippen LogP contribution in [0.5, 0.6) is 0 Å². The number of hydrogen-bond donors (Lipinski definition) is 1. The summed E-state index contributed by atoms with van der Waals surface area (Å²) in [7, 11) is 0. The number of thioether (sulfide) groups is 1. The Hall–Kier alpha value is -0.410. The van der Waals surface area contributed by atoms with Crippen molar-refractivity contribution in [2.75, 3.05) is 12.8 Å². The largest absolute Gasteiger partial charge is 0.350 e. The molecule has 0 spiro atoms. The van der Waals surface area contributed by atoms with Gasteiger partial charge in [-0.15, -0.1) is 0 Å².